The van der Waals surface area contributed by atoms with Crippen molar-refractivity contribution in [2.75, 3.05) is 0 Å². The van der Waals surface area contributed by atoms with Crippen molar-refractivity contribution >= 4 is 43.4 Å². The van der Waals surface area contributed by atoms with Crippen molar-refractivity contribution in [1.82, 2.24) is 24.5 Å². The Morgan fingerprint density at radius 3 is 1.87 bits per heavy atom. The first kappa shape index (κ1) is 18.7. The monoisotopic (exact) mass is 616 g/mol. The van der Waals surface area contributed by atoms with Crippen molar-refractivity contribution in [2.45, 2.75) is 0 Å². The van der Waals surface area contributed by atoms with Crippen LogP contribution in [0.1, 0.15) is 12.3 Å². The highest BCUT2D eigenvalue weighted by molar-refractivity contribution is 7.22. The van der Waals surface area contributed by atoms with E-state index in [1.165, 1.54) is 11.3 Å². The number of hydrogen-bond acceptors (Lipinski definition) is 5. The molecule has 5 nitrogen and oxygen atoms in total. The van der Waals surface area contributed by atoms with E-state index < -0.39 is 65.5 Å². The number of rotatable bonds is 5. The standard InChI is InChI=1S/C40H25N5S/c1-3-12-26(13-4-1)27-22-24-28(25-23-27)37-42-38(32-18-11-19-33-36(32)46-39(41-33)29-14-5-2-6-15-29)44-40(43-37)45-34-20-9-7-16-30(34)31-17-8-10-21-35(31)45/h1-25H/i1D,3D,4D,12D,13D,22D,23D,24D,25D. The van der Waals surface area contributed by atoms with Crippen molar-refractivity contribution in [1.29, 1.82) is 0 Å². The van der Waals surface area contributed by atoms with Gasteiger partial charge in [-0.05, 0) is 35.4 Å². The van der Waals surface area contributed by atoms with Crippen LogP contribution in [0.5, 0.6) is 0 Å². The summed E-state index contributed by atoms with van der Waals surface area (Å²) in [6.07, 6.45) is 0. The van der Waals surface area contributed by atoms with E-state index in [1.54, 1.807) is 0 Å². The smallest absolute Gasteiger partial charge is 0.238 e. The largest absolute Gasteiger partial charge is 0.278 e. The molecule has 0 N–H and O–H groups in total. The second-order valence-corrected chi connectivity index (χ2v) is 11.4. The average molecular weight is 617 g/mol. The van der Waals surface area contributed by atoms with Crippen molar-refractivity contribution in [3.05, 3.63) is 151 Å². The van der Waals surface area contributed by atoms with E-state index in [0.29, 0.717) is 11.1 Å². The number of hydrogen-bond donors (Lipinski definition) is 0. The van der Waals surface area contributed by atoms with Gasteiger partial charge in [-0.15, -0.1) is 11.3 Å². The summed E-state index contributed by atoms with van der Waals surface area (Å²) in [6, 6.07) is 25.5. The number of benzene rings is 6. The number of para-hydroxylation sites is 2. The van der Waals surface area contributed by atoms with E-state index in [1.807, 2.05) is 102 Å². The van der Waals surface area contributed by atoms with Gasteiger partial charge in [-0.25, -0.2) is 9.97 Å². The Morgan fingerprint density at radius 2 is 1.13 bits per heavy atom. The van der Waals surface area contributed by atoms with E-state index >= 15 is 0 Å². The van der Waals surface area contributed by atoms with Gasteiger partial charge >= 0.3 is 0 Å². The molecule has 0 aliphatic carbocycles. The molecule has 0 saturated heterocycles. The van der Waals surface area contributed by atoms with Crippen molar-refractivity contribution in [3.63, 3.8) is 0 Å². The van der Waals surface area contributed by atoms with Gasteiger partial charge in [-0.2, -0.15) is 9.97 Å². The first-order chi connectivity index (χ1) is 26.5. The molecule has 9 aromatic rings. The molecule has 0 bridgehead atoms. The van der Waals surface area contributed by atoms with Gasteiger partial charge in [-0.3, -0.25) is 4.57 Å². The molecule has 0 aliphatic heterocycles. The van der Waals surface area contributed by atoms with Crippen LogP contribution in [0.2, 0.25) is 0 Å². The molecule has 0 amide bonds. The van der Waals surface area contributed by atoms with Gasteiger partial charge in [0.1, 0.15) is 5.01 Å². The fraction of sp³-hybridized carbons (Fsp3) is 0. The van der Waals surface area contributed by atoms with Gasteiger partial charge in [-0.1, -0.05) is 127 Å². The summed E-state index contributed by atoms with van der Waals surface area (Å²) in [5.74, 6) is 0.243. The lowest BCUT2D eigenvalue weighted by atomic mass is 10.0. The van der Waals surface area contributed by atoms with E-state index in [9.17, 15) is 2.74 Å². The predicted molar refractivity (Wildman–Crippen MR) is 189 cm³/mol. The van der Waals surface area contributed by atoms with Gasteiger partial charge in [0, 0.05) is 27.5 Å². The van der Waals surface area contributed by atoms with Crippen LogP contribution in [0.4, 0.5) is 0 Å². The molecule has 0 aliphatic rings. The van der Waals surface area contributed by atoms with Crippen LogP contribution in [0.25, 0.3) is 82.4 Å². The molecule has 3 aromatic heterocycles. The molecule has 9 rings (SSSR count). The van der Waals surface area contributed by atoms with Crippen molar-refractivity contribution in [2.24, 2.45) is 0 Å². The fourth-order valence-electron chi connectivity index (χ4n) is 5.59. The first-order valence-corrected chi connectivity index (χ1v) is 15.2. The molecule has 46 heavy (non-hydrogen) atoms. The molecule has 6 aromatic carbocycles. The lowest BCUT2D eigenvalue weighted by molar-refractivity contribution is 0.954. The maximum Gasteiger partial charge on any atom is 0.238 e. The van der Waals surface area contributed by atoms with Crippen molar-refractivity contribution in [3.8, 4) is 50.4 Å². The molecular formula is C40H25N5S. The predicted octanol–water partition coefficient (Wildman–Crippen LogP) is 10.2. The Hall–Kier alpha value is -5.98. The molecule has 0 saturated carbocycles. The van der Waals surface area contributed by atoms with Crippen LogP contribution < -0.4 is 0 Å². The summed E-state index contributed by atoms with van der Waals surface area (Å²) in [7, 11) is 0. The number of thiazole rings is 1. The zero-order valence-electron chi connectivity index (χ0n) is 32.9. The molecule has 6 heteroatoms. The zero-order valence-corrected chi connectivity index (χ0v) is 24.7. The van der Waals surface area contributed by atoms with Gasteiger partial charge in [0.25, 0.3) is 0 Å². The third-order valence-electron chi connectivity index (χ3n) is 7.68. The second-order valence-electron chi connectivity index (χ2n) is 10.4. The summed E-state index contributed by atoms with van der Waals surface area (Å²) in [4.78, 5) is 19.6. The molecule has 0 unspecified atom stereocenters. The highest BCUT2D eigenvalue weighted by Gasteiger charge is 2.19. The summed E-state index contributed by atoms with van der Waals surface area (Å²) < 4.78 is 80.6. The maximum absolute atomic E-state index is 9.20. The lowest BCUT2D eigenvalue weighted by Crippen LogP contribution is -2.06. The number of nitrogens with zero attached hydrogens (tertiary/aromatic N) is 5. The second kappa shape index (κ2) is 10.9. The van der Waals surface area contributed by atoms with Crippen LogP contribution in [0.3, 0.4) is 0 Å². The minimum absolute atomic E-state index is 0.142. The number of aromatic nitrogens is 5. The lowest BCUT2D eigenvalue weighted by Gasteiger charge is -2.11. The topological polar surface area (TPSA) is 56.5 Å². The molecule has 0 spiro atoms. The summed E-state index contributed by atoms with van der Waals surface area (Å²) in [5.41, 5.74) is 2.79. The third kappa shape index (κ3) is 4.47. The highest BCUT2D eigenvalue weighted by atomic mass is 32.1. The van der Waals surface area contributed by atoms with E-state index in [0.717, 1.165) is 37.1 Å². The van der Waals surface area contributed by atoms with E-state index in [4.69, 9.17) is 29.5 Å². The molecule has 0 radical (unpaired) electrons. The summed E-state index contributed by atoms with van der Waals surface area (Å²) in [5, 5.41) is 2.69. The highest BCUT2D eigenvalue weighted by Crippen LogP contribution is 2.37. The quantitative estimate of drug-likeness (QED) is 0.193. The Labute approximate surface area is 281 Å². The van der Waals surface area contributed by atoms with Crippen LogP contribution in [0, 0.1) is 0 Å². The fourth-order valence-corrected chi connectivity index (χ4v) is 6.67. The SMILES string of the molecule is [2H]c1c([2H])c([2H])c(-c2c([2H])c([2H])c(-c3nc(-c4cccc5nc(-c6ccccc6)sc45)nc(-n4c5ccccc5c5ccccc54)n3)c([2H])c2[2H])c([2H])c1[2H]. The van der Waals surface area contributed by atoms with Gasteiger partial charge in [0.2, 0.25) is 5.95 Å². The van der Waals surface area contributed by atoms with E-state index in [2.05, 4.69) is 0 Å². The van der Waals surface area contributed by atoms with Crippen molar-refractivity contribution < 1.29 is 12.3 Å². The van der Waals surface area contributed by atoms with Crippen LogP contribution in [-0.2, 0) is 0 Å². The summed E-state index contributed by atoms with van der Waals surface area (Å²) in [6.45, 7) is 0. The van der Waals surface area contributed by atoms with Gasteiger partial charge < -0.3 is 0 Å². The average Bonchev–Trinajstić information content (AvgIpc) is 3.80. The molecule has 3 heterocycles. The van der Waals surface area contributed by atoms with Gasteiger partial charge in [0.15, 0.2) is 11.6 Å². The zero-order chi connectivity index (χ0) is 38.3. The molecule has 216 valence electrons. The van der Waals surface area contributed by atoms with Gasteiger partial charge in [0.05, 0.1) is 33.6 Å². The maximum atomic E-state index is 9.20. The molecule has 0 atom stereocenters. The first-order valence-electron chi connectivity index (χ1n) is 18.9. The minimum atomic E-state index is -0.650. The normalized spacial score (nSPS) is 14.2. The van der Waals surface area contributed by atoms with Crippen LogP contribution >= 0.6 is 11.3 Å². The summed E-state index contributed by atoms with van der Waals surface area (Å²) >= 11 is 1.47. The number of fused-ring (bicyclic) bond motifs is 4. The molecular weight excluding hydrogens is 583 g/mol. The van der Waals surface area contributed by atoms with Crippen LogP contribution in [0.15, 0.2) is 151 Å². The Bertz CT molecular complexity index is 2940. The third-order valence-corrected chi connectivity index (χ3v) is 8.83. The molecule has 0 fully saturated rings. The minimum Gasteiger partial charge on any atom is -0.278 e. The van der Waals surface area contributed by atoms with E-state index in [-0.39, 0.29) is 23.2 Å². The Kier molecular flexibility index (Phi) is 4.43. The Balaban J connectivity index is 1.35. The Morgan fingerprint density at radius 1 is 0.500 bits per heavy atom. The van der Waals surface area contributed by atoms with Crippen LogP contribution in [-0.4, -0.2) is 24.5 Å².